The van der Waals surface area contributed by atoms with Gasteiger partial charge in [-0.1, -0.05) is 18.2 Å². The molecule has 1 aromatic heterocycles. The average molecular weight is 259 g/mol. The number of benzene rings is 1. The number of carboxylic acid groups (broad SMARTS) is 1. The average Bonchev–Trinajstić information content (AvgIpc) is 2.40. The molecular weight excluding hydrogens is 246 g/mol. The molecule has 0 bridgehead atoms. The summed E-state index contributed by atoms with van der Waals surface area (Å²) in [6, 6.07) is 10.5. The zero-order valence-corrected chi connectivity index (χ0v) is 10.3. The first kappa shape index (κ1) is 12.9. The number of hydrogen-bond acceptors (Lipinski definition) is 3. The van der Waals surface area contributed by atoms with Crippen molar-refractivity contribution >= 4 is 5.97 Å². The van der Waals surface area contributed by atoms with Crippen LogP contribution in [0, 0.1) is 0 Å². The van der Waals surface area contributed by atoms with E-state index in [0.29, 0.717) is 11.4 Å². The molecule has 0 aliphatic rings. The maximum atomic E-state index is 11.8. The summed E-state index contributed by atoms with van der Waals surface area (Å²) in [5.41, 5.74) is 1.18. The number of para-hydroxylation sites is 1. The molecule has 0 saturated carbocycles. The van der Waals surface area contributed by atoms with Gasteiger partial charge in [0.15, 0.2) is 0 Å². The Hall–Kier alpha value is -2.56. The first-order valence-electron chi connectivity index (χ1n) is 5.69. The van der Waals surface area contributed by atoms with Gasteiger partial charge in [-0.15, -0.1) is 0 Å². The van der Waals surface area contributed by atoms with Gasteiger partial charge in [0.2, 0.25) is 0 Å². The van der Waals surface area contributed by atoms with Crippen LogP contribution in [0.5, 0.6) is 5.75 Å². The second kappa shape index (κ2) is 5.39. The highest BCUT2D eigenvalue weighted by Gasteiger charge is 2.09. The fourth-order valence-corrected chi connectivity index (χ4v) is 1.83. The Morgan fingerprint density at radius 1 is 1.26 bits per heavy atom. The molecule has 0 unspecified atom stereocenters. The summed E-state index contributed by atoms with van der Waals surface area (Å²) in [5.74, 6) is -0.389. The van der Waals surface area contributed by atoms with Crippen molar-refractivity contribution in [3.63, 3.8) is 0 Å². The van der Waals surface area contributed by atoms with Gasteiger partial charge in [0.25, 0.3) is 5.56 Å². The van der Waals surface area contributed by atoms with Crippen molar-refractivity contribution in [2.45, 2.75) is 6.42 Å². The van der Waals surface area contributed by atoms with Crippen LogP contribution in [0.4, 0.5) is 0 Å². The van der Waals surface area contributed by atoms with Gasteiger partial charge in [0.05, 0.1) is 19.2 Å². The van der Waals surface area contributed by atoms with Gasteiger partial charge in [-0.3, -0.25) is 9.59 Å². The van der Waals surface area contributed by atoms with E-state index < -0.39 is 11.5 Å². The summed E-state index contributed by atoms with van der Waals surface area (Å²) in [5, 5.41) is 8.69. The number of hydrogen-bond donors (Lipinski definition) is 2. The Labute approximate surface area is 109 Å². The lowest BCUT2D eigenvalue weighted by atomic mass is 10.1. The van der Waals surface area contributed by atoms with E-state index in [1.54, 1.807) is 19.2 Å². The lowest BCUT2D eigenvalue weighted by molar-refractivity contribution is -0.136. The molecular formula is C14H13NO4. The van der Waals surface area contributed by atoms with Gasteiger partial charge in [-0.2, -0.15) is 0 Å². The van der Waals surface area contributed by atoms with E-state index in [1.807, 2.05) is 18.2 Å². The van der Waals surface area contributed by atoms with Crippen LogP contribution in [0.3, 0.4) is 0 Å². The fraction of sp³-hybridized carbons (Fsp3) is 0.143. The maximum absolute atomic E-state index is 11.8. The lowest BCUT2D eigenvalue weighted by Crippen LogP contribution is -2.16. The molecule has 0 fully saturated rings. The SMILES string of the molecule is COc1ccccc1-c1ccc(CC(=O)O)c(=O)[nH]1. The van der Waals surface area contributed by atoms with E-state index >= 15 is 0 Å². The van der Waals surface area contributed by atoms with Gasteiger partial charge in [0, 0.05) is 11.1 Å². The Morgan fingerprint density at radius 2 is 2.00 bits per heavy atom. The van der Waals surface area contributed by atoms with Crippen LogP contribution < -0.4 is 10.3 Å². The van der Waals surface area contributed by atoms with E-state index in [-0.39, 0.29) is 12.0 Å². The van der Waals surface area contributed by atoms with Crippen molar-refractivity contribution in [3.05, 3.63) is 52.3 Å². The number of carboxylic acids is 1. The highest BCUT2D eigenvalue weighted by Crippen LogP contribution is 2.27. The van der Waals surface area contributed by atoms with Crippen molar-refractivity contribution < 1.29 is 14.6 Å². The molecule has 0 saturated heterocycles. The third-order valence-electron chi connectivity index (χ3n) is 2.73. The molecule has 0 aliphatic heterocycles. The van der Waals surface area contributed by atoms with Crippen LogP contribution in [-0.2, 0) is 11.2 Å². The molecule has 0 spiro atoms. The zero-order valence-electron chi connectivity index (χ0n) is 10.3. The number of ether oxygens (including phenoxy) is 1. The van der Waals surface area contributed by atoms with Crippen molar-refractivity contribution in [2.75, 3.05) is 7.11 Å². The molecule has 2 rings (SSSR count). The number of pyridine rings is 1. The Kier molecular flexibility index (Phi) is 3.66. The molecule has 2 N–H and O–H groups in total. The molecule has 1 heterocycles. The van der Waals surface area contributed by atoms with Crippen molar-refractivity contribution in [3.8, 4) is 17.0 Å². The highest BCUT2D eigenvalue weighted by atomic mass is 16.5. The van der Waals surface area contributed by atoms with E-state index in [0.717, 1.165) is 5.56 Å². The summed E-state index contributed by atoms with van der Waals surface area (Å²) in [6.45, 7) is 0. The lowest BCUT2D eigenvalue weighted by Gasteiger charge is -2.08. The summed E-state index contributed by atoms with van der Waals surface area (Å²) in [6.07, 6.45) is -0.290. The van der Waals surface area contributed by atoms with Crippen LogP contribution in [0.25, 0.3) is 11.3 Å². The number of nitrogens with one attached hydrogen (secondary N) is 1. The fourth-order valence-electron chi connectivity index (χ4n) is 1.83. The van der Waals surface area contributed by atoms with E-state index in [1.165, 1.54) is 6.07 Å². The van der Waals surface area contributed by atoms with Crippen molar-refractivity contribution in [1.29, 1.82) is 0 Å². The topological polar surface area (TPSA) is 79.4 Å². The summed E-state index contributed by atoms with van der Waals surface area (Å²) in [7, 11) is 1.55. The molecule has 0 amide bonds. The standard InChI is InChI=1S/C14H13NO4/c1-19-12-5-3-2-4-10(12)11-7-6-9(8-13(16)17)14(18)15-11/h2-7H,8H2,1H3,(H,15,18)(H,16,17). The smallest absolute Gasteiger partial charge is 0.308 e. The third kappa shape index (κ3) is 2.82. The zero-order chi connectivity index (χ0) is 13.8. The van der Waals surface area contributed by atoms with Gasteiger partial charge in [-0.25, -0.2) is 0 Å². The van der Waals surface area contributed by atoms with Crippen LogP contribution in [-0.4, -0.2) is 23.2 Å². The molecule has 5 nitrogen and oxygen atoms in total. The van der Waals surface area contributed by atoms with Gasteiger partial charge in [0.1, 0.15) is 5.75 Å². The van der Waals surface area contributed by atoms with E-state index in [9.17, 15) is 9.59 Å². The van der Waals surface area contributed by atoms with Crippen LogP contribution in [0.2, 0.25) is 0 Å². The largest absolute Gasteiger partial charge is 0.496 e. The maximum Gasteiger partial charge on any atom is 0.308 e. The molecule has 2 aromatic rings. The third-order valence-corrected chi connectivity index (χ3v) is 2.73. The first-order valence-corrected chi connectivity index (χ1v) is 5.69. The number of methoxy groups -OCH3 is 1. The first-order chi connectivity index (χ1) is 9.11. The number of rotatable bonds is 4. The van der Waals surface area contributed by atoms with E-state index in [4.69, 9.17) is 9.84 Å². The Balaban J connectivity index is 2.45. The number of aliphatic carboxylic acids is 1. The number of carbonyl (C=O) groups is 1. The minimum Gasteiger partial charge on any atom is -0.496 e. The second-order valence-corrected chi connectivity index (χ2v) is 4.00. The molecule has 19 heavy (non-hydrogen) atoms. The number of aromatic amines is 1. The minimum absolute atomic E-state index is 0.228. The molecule has 98 valence electrons. The number of H-pyrrole nitrogens is 1. The molecule has 0 radical (unpaired) electrons. The monoisotopic (exact) mass is 259 g/mol. The van der Waals surface area contributed by atoms with Crippen molar-refractivity contribution in [1.82, 2.24) is 4.98 Å². The Bertz CT molecular complexity index is 660. The molecule has 0 aliphatic carbocycles. The van der Waals surface area contributed by atoms with Gasteiger partial charge < -0.3 is 14.8 Å². The molecule has 0 atom stereocenters. The highest BCUT2D eigenvalue weighted by molar-refractivity contribution is 5.71. The summed E-state index contributed by atoms with van der Waals surface area (Å²) in [4.78, 5) is 25.1. The number of aromatic nitrogens is 1. The van der Waals surface area contributed by atoms with Crippen molar-refractivity contribution in [2.24, 2.45) is 0 Å². The van der Waals surface area contributed by atoms with E-state index in [2.05, 4.69) is 4.98 Å². The predicted octanol–water partition coefficient (Wildman–Crippen LogP) is 1.68. The van der Waals surface area contributed by atoms with Crippen LogP contribution in [0.15, 0.2) is 41.2 Å². The normalized spacial score (nSPS) is 10.2. The quantitative estimate of drug-likeness (QED) is 0.875. The van der Waals surface area contributed by atoms with Crippen LogP contribution >= 0.6 is 0 Å². The molecule has 1 aromatic carbocycles. The van der Waals surface area contributed by atoms with Gasteiger partial charge in [-0.05, 0) is 18.2 Å². The summed E-state index contributed by atoms with van der Waals surface area (Å²) >= 11 is 0. The predicted molar refractivity (Wildman–Crippen MR) is 70.4 cm³/mol. The summed E-state index contributed by atoms with van der Waals surface area (Å²) < 4.78 is 5.22. The van der Waals surface area contributed by atoms with Crippen LogP contribution in [0.1, 0.15) is 5.56 Å². The minimum atomic E-state index is -1.03. The second-order valence-electron chi connectivity index (χ2n) is 4.00. The molecule has 5 heteroatoms. The van der Waals surface area contributed by atoms with Gasteiger partial charge >= 0.3 is 5.97 Å². The Morgan fingerprint density at radius 3 is 2.63 bits per heavy atom.